The second-order valence-electron chi connectivity index (χ2n) is 25.0. The molecule has 0 N–H and O–H groups in total. The van der Waals surface area contributed by atoms with Crippen LogP contribution in [0.3, 0.4) is 0 Å². The van der Waals surface area contributed by atoms with Gasteiger partial charge in [0.1, 0.15) is 28.0 Å². The van der Waals surface area contributed by atoms with Gasteiger partial charge in [-0.2, -0.15) is 0 Å². The molecule has 0 radical (unpaired) electrons. The van der Waals surface area contributed by atoms with Crippen LogP contribution in [0.1, 0.15) is 316 Å². The van der Waals surface area contributed by atoms with Gasteiger partial charge in [0.2, 0.25) is 0 Å². The van der Waals surface area contributed by atoms with E-state index in [9.17, 15) is 0 Å². The minimum absolute atomic E-state index is 0.00349. The van der Waals surface area contributed by atoms with E-state index in [-0.39, 0.29) is 43.8 Å². The molecule has 0 saturated carbocycles. The van der Waals surface area contributed by atoms with Crippen LogP contribution in [0.5, 0.6) is 0 Å². The van der Waals surface area contributed by atoms with Gasteiger partial charge in [0.05, 0.1) is 64.4 Å². The first-order valence-electron chi connectivity index (χ1n) is 82.8. The molecule has 120 heavy (non-hydrogen) atoms. The number of likely N-dealkylation sites (tertiary alicyclic amines) is 5. The molecule has 5 aliphatic rings. The Labute approximate surface area is 878 Å². The van der Waals surface area contributed by atoms with E-state index in [1.54, 1.807) is 0 Å². The summed E-state index contributed by atoms with van der Waals surface area (Å²) >= 11 is 29.6. The third-order valence-electron chi connectivity index (χ3n) is 17.3. The topological polar surface area (TPSA) is 62.4 Å². The number of rotatable bonds is 30. The van der Waals surface area contributed by atoms with Crippen LogP contribution in [-0.4, -0.2) is 155 Å². The molecule has 5 heterocycles. The molecule has 5 aliphatic heterocycles. The largest absolute Gasteiger partial charge is 0.366 e. The fraction of sp³-hybridized carbons (Fsp3) is 0.429. The van der Waals surface area contributed by atoms with Crippen molar-refractivity contribution in [1.29, 1.82) is 0 Å². The Hall–Kier alpha value is -6.75. The van der Waals surface area contributed by atoms with Crippen molar-refractivity contribution in [2.24, 2.45) is 0 Å². The van der Waals surface area contributed by atoms with Crippen LogP contribution in [0, 0.1) is 0 Å². The number of halogens is 5. The van der Waals surface area contributed by atoms with E-state index in [0.717, 1.165) is 9.80 Å². The first kappa shape index (κ1) is 30.0. The number of hydrogen-bond acceptors (Lipinski definition) is 10. The smallest absolute Gasteiger partial charge is 0.115 e. The van der Waals surface area contributed by atoms with Gasteiger partial charge in [-0.3, -0.25) is 0 Å². The number of ether oxygens (including phenoxy) is 5. The van der Waals surface area contributed by atoms with E-state index in [0.29, 0.717) is 25.7 Å². The highest BCUT2D eigenvalue weighted by Gasteiger charge is 2.37. The van der Waals surface area contributed by atoms with Crippen LogP contribution in [0.15, 0.2) is 272 Å². The molecule has 0 amide bonds. The molecule has 10 aromatic carbocycles. The maximum Gasteiger partial charge on any atom is 0.115 e. The van der Waals surface area contributed by atoms with Crippen molar-refractivity contribution in [3.05, 3.63) is 353 Å². The molecule has 0 aromatic heterocycles. The van der Waals surface area contributed by atoms with Crippen molar-refractivity contribution < 1.29 is 154 Å². The molecular weight excluding hydrogens is 1590 g/mol. The van der Waals surface area contributed by atoms with E-state index in [1.807, 2.05) is 0 Å². The minimum Gasteiger partial charge on any atom is -0.366 e. The molecule has 10 nitrogen and oxygen atoms in total. The quantitative estimate of drug-likeness (QED) is 0.0435. The standard InChI is InChI=1S/5C21H26ClNO/c5*1-21(17-7-4-3-5-8-17,18-10-12-19(22)13-11-18)24-16-14-20-9-6-15-23(20)2/h5*3-5,7-8,10-13,20H,6,9,14-16H2,1-2H3/t5*20-,21-/m11111/s1/i1D3,2D3,3D,4D,5D,6D2,7D,8D,9D2,10D,11D,12D,13D,14D2,15D2,20D;1D3,2D3,3D,4D,5D,6D2,7D,8D,9D2,10D,11D,12D,13D,15D2,20D;1D3,2D3,3D,4D,5D,7D,8D,10D,11D,12D,13D,16D2;1D3,2D3,3D,4D,5D,7D,8D,10D,11D,12D,13D,14D2;1D3,2D3,3D,4D,5D,7D,8D,10D,11D,12D,13D. The van der Waals surface area contributed by atoms with Crippen LogP contribution >= 0.6 is 58.0 Å². The number of nitrogens with zero attached hydrogens (tertiary/aromatic N) is 5. The zero-order valence-electron chi connectivity index (χ0n) is 157. The first-order chi connectivity index (χ1) is 96.4. The summed E-state index contributed by atoms with van der Waals surface area (Å²) < 4.78 is 813. The average molecular weight is 1820 g/mol. The molecule has 640 valence electrons. The van der Waals surface area contributed by atoms with Gasteiger partial charge in [0.15, 0.2) is 0 Å². The highest BCUT2D eigenvalue weighted by molar-refractivity contribution is 6.31. The van der Waals surface area contributed by atoms with Crippen molar-refractivity contribution in [3.8, 4) is 0 Å². The first-order valence-corrected chi connectivity index (χ1v) is 37.2. The van der Waals surface area contributed by atoms with Gasteiger partial charge in [-0.25, -0.2) is 0 Å². The van der Waals surface area contributed by atoms with Crippen molar-refractivity contribution in [2.75, 3.05) is 100 Å². The maximum absolute atomic E-state index is 8.85. The Kier molecular flexibility index (Phi) is 11.6. The summed E-state index contributed by atoms with van der Waals surface area (Å²) in [5, 5.41) is -3.62. The molecule has 10 atom stereocenters. The summed E-state index contributed by atoms with van der Waals surface area (Å²) in [5.41, 5.74) is -28.7. The lowest BCUT2D eigenvalue weighted by atomic mass is 9.88. The SMILES string of the molecule is [2H]c1c([2H])c([2H])c([C@@](OC([2H])([2H])C[C@H]2CCCN2C([2H])([2H])[2H])(c2c([2H])c([2H])c(Cl)c([2H])c2[2H])C([2H])([2H])[2H])c([2H])c1[2H].[2H]c1c([2H])c([2H])c([C@@](OCC([2H])([2H])[C@H]2CCCN2C([2H])([2H])[2H])(c2c([2H])c([2H])c(Cl)c([2H])c2[2H])C([2H])([2H])[2H])c([2H])c1[2H].[2H]c1c([2H])c([2H])c([C@@](OCC([2H])([2H])[C@]2([2H])N(C([2H])([2H])[2H])C([2H])([2H])C([2H])([2H])C2([2H])[2H])(c2c([2H])c([2H])c(Cl)c([2H])c2[2H])C([2H])([2H])[2H])c([2H])c1[2H].[2H]c1c([2H])c([2H])c([C@@](OCC[C@H]2CCCN2C([2H])([2H])[2H])(c2c([2H])c([2H])c(Cl)c([2H])c2[2H])C([2H])([2H])[2H])c([2H])c1[2H].[2H]c1c([2H])c([2H])c([C@@](OCC[C@]2([2H])N(C([2H])([2H])[2H])C([2H])([2H])C([2H])([2H])C2([2H])[2H])(c2c([2H])c([2H])c(Cl)c([2H])c2[2H])C([2H])([2H])[2H])c([2H])c1[2H]. The number of hydrogen-bond donors (Lipinski definition) is 0. The summed E-state index contributed by atoms with van der Waals surface area (Å²) in [5.74, 6) is 0. The van der Waals surface area contributed by atoms with Gasteiger partial charge in [0.25, 0.3) is 0 Å². The second-order valence-corrected chi connectivity index (χ2v) is 26.9. The van der Waals surface area contributed by atoms with Crippen LogP contribution in [0.25, 0.3) is 0 Å². The molecule has 5 saturated heterocycles. The van der Waals surface area contributed by atoms with Crippen molar-refractivity contribution in [1.82, 2.24) is 24.5 Å². The summed E-state index contributed by atoms with van der Waals surface area (Å²) in [6.07, 6.45) is -22.2. The van der Waals surface area contributed by atoms with Gasteiger partial charge in [-0.05, 0) is 314 Å². The fourth-order valence-corrected chi connectivity index (χ4v) is 11.6. The van der Waals surface area contributed by atoms with E-state index >= 15 is 0 Å². The molecule has 0 aliphatic carbocycles. The molecular formula is C105H130Cl5N5O5. The molecule has 15 rings (SSSR count). The molecule has 5 fully saturated rings. The van der Waals surface area contributed by atoms with Crippen LogP contribution in [-0.2, 0) is 51.7 Å². The van der Waals surface area contributed by atoms with Crippen molar-refractivity contribution in [3.63, 3.8) is 0 Å². The summed E-state index contributed by atoms with van der Waals surface area (Å²) in [7, 11) is 0. The zero-order valence-corrected chi connectivity index (χ0v) is 66.0. The van der Waals surface area contributed by atoms with Crippen molar-refractivity contribution in [2.45, 2.75) is 188 Å². The normalized spacial score (nSPS) is 37.4. The van der Waals surface area contributed by atoms with Gasteiger partial charge >= 0.3 is 0 Å². The molecule has 0 spiro atoms. The Balaban J connectivity index is 0.000000246. The predicted octanol–water partition coefficient (Wildman–Crippen LogP) is 25.5. The highest BCUT2D eigenvalue weighted by atomic mass is 35.5. The van der Waals surface area contributed by atoms with E-state index in [1.165, 1.54) is 4.90 Å². The lowest BCUT2D eigenvalue weighted by Crippen LogP contribution is -2.31. The zero-order chi connectivity index (χ0) is 167. The summed E-state index contributed by atoms with van der Waals surface area (Å²) in [6, 6.07) is -57.7. The Bertz CT molecular complexity index is 9060. The minimum atomic E-state index is -4.16. The number of benzene rings is 10. The van der Waals surface area contributed by atoms with E-state index in [2.05, 4.69) is 0 Å². The average Bonchev–Trinajstić information content (AvgIpc) is 1.49. The van der Waals surface area contributed by atoms with Crippen molar-refractivity contribution >= 4 is 58.0 Å². The van der Waals surface area contributed by atoms with Crippen LogP contribution < -0.4 is 0 Å². The van der Waals surface area contributed by atoms with Gasteiger partial charge in [-0.15, -0.1) is 0 Å². The van der Waals surface area contributed by atoms with Crippen LogP contribution in [0.4, 0.5) is 0 Å². The van der Waals surface area contributed by atoms with Gasteiger partial charge < -0.3 is 48.2 Å². The van der Waals surface area contributed by atoms with E-state index < -0.39 is 582 Å². The molecule has 0 bridgehead atoms. The van der Waals surface area contributed by atoms with Gasteiger partial charge in [0, 0.05) is 154 Å². The molecule has 10 aromatic rings. The second kappa shape index (κ2) is 46.3. The summed E-state index contributed by atoms with van der Waals surface area (Å²) in [6.45, 7) is -49.5. The monoisotopic (exact) mass is 1810 g/mol. The van der Waals surface area contributed by atoms with E-state index in [4.69, 9.17) is 212 Å². The highest BCUT2D eigenvalue weighted by Crippen LogP contribution is 2.41. The lowest BCUT2D eigenvalue weighted by Gasteiger charge is -2.32. The maximum atomic E-state index is 8.85. The Morgan fingerprint density at radius 3 is 0.917 bits per heavy atom. The Morgan fingerprint density at radius 2 is 0.583 bits per heavy atom. The predicted molar refractivity (Wildman–Crippen MR) is 503 cm³/mol. The third-order valence-corrected chi connectivity index (χ3v) is 18.3. The molecule has 0 unspecified atom stereocenters. The Morgan fingerprint density at radius 1 is 0.317 bits per heavy atom. The lowest BCUT2D eigenvalue weighted by molar-refractivity contribution is -0.0119. The fourth-order valence-electron chi connectivity index (χ4n) is 11.1. The molecule has 15 heteroatoms. The summed E-state index contributed by atoms with van der Waals surface area (Å²) in [4.78, 5) is 2.16. The van der Waals surface area contributed by atoms with Gasteiger partial charge in [-0.1, -0.05) is 269 Å². The third kappa shape index (κ3) is 26.0. The van der Waals surface area contributed by atoms with Crippen LogP contribution in [0.2, 0.25) is 25.1 Å².